The van der Waals surface area contributed by atoms with E-state index in [0.717, 1.165) is 12.8 Å². The molecule has 0 saturated carbocycles. The van der Waals surface area contributed by atoms with Gasteiger partial charge < -0.3 is 21.3 Å². The number of nitrogens with two attached hydrogens (primary N) is 1. The van der Waals surface area contributed by atoms with Crippen LogP contribution in [-0.4, -0.2) is 41.9 Å². The number of carbonyl (C=O) groups is 1. The number of carbonyl (C=O) groups excluding carboxylic acids is 1. The van der Waals surface area contributed by atoms with Gasteiger partial charge in [0.1, 0.15) is 6.10 Å². The lowest BCUT2D eigenvalue weighted by atomic mass is 9.83. The Morgan fingerprint density at radius 3 is 2.33 bits per heavy atom. The van der Waals surface area contributed by atoms with Gasteiger partial charge in [0, 0.05) is 25.1 Å². The maximum Gasteiger partial charge on any atom is 0.247 e. The second-order valence-corrected chi connectivity index (χ2v) is 3.91. The van der Waals surface area contributed by atoms with Gasteiger partial charge in [0.2, 0.25) is 5.91 Å². The van der Waals surface area contributed by atoms with Crippen molar-refractivity contribution < 1.29 is 15.0 Å². The number of amides is 1. The van der Waals surface area contributed by atoms with Crippen LogP contribution in [0.1, 0.15) is 26.7 Å². The molecule has 0 rings (SSSR count). The molecule has 0 aliphatic rings. The lowest BCUT2D eigenvalue weighted by Crippen LogP contribution is -2.43. The molecular weight excluding hydrogens is 196 g/mol. The van der Waals surface area contributed by atoms with E-state index in [-0.39, 0.29) is 18.6 Å². The summed E-state index contributed by atoms with van der Waals surface area (Å²) in [5, 5.41) is 21.3. The van der Waals surface area contributed by atoms with Crippen LogP contribution in [-0.2, 0) is 4.79 Å². The van der Waals surface area contributed by atoms with E-state index in [4.69, 9.17) is 10.8 Å². The predicted octanol–water partition coefficient (Wildman–Crippen LogP) is -0.779. The molecule has 0 aliphatic carbocycles. The third-order valence-electron chi connectivity index (χ3n) is 3.00. The molecular formula is C10H22N2O3. The maximum atomic E-state index is 10.5. The monoisotopic (exact) mass is 218 g/mol. The van der Waals surface area contributed by atoms with Gasteiger partial charge >= 0.3 is 0 Å². The summed E-state index contributed by atoms with van der Waals surface area (Å²) in [5.41, 5.74) is 4.74. The van der Waals surface area contributed by atoms with E-state index in [9.17, 15) is 9.90 Å². The lowest BCUT2D eigenvalue weighted by molar-refractivity contribution is -0.125. The van der Waals surface area contributed by atoms with Crippen molar-refractivity contribution >= 4 is 5.91 Å². The molecule has 1 amide bonds. The van der Waals surface area contributed by atoms with Crippen LogP contribution in [0.3, 0.4) is 0 Å². The van der Waals surface area contributed by atoms with Gasteiger partial charge in [0.05, 0.1) is 0 Å². The first kappa shape index (κ1) is 14.3. The average molecular weight is 218 g/mol. The molecule has 0 aliphatic heterocycles. The number of aliphatic hydroxyl groups excluding tert-OH is 2. The van der Waals surface area contributed by atoms with Gasteiger partial charge in [0.25, 0.3) is 0 Å². The van der Waals surface area contributed by atoms with Gasteiger partial charge in [-0.15, -0.1) is 0 Å². The molecule has 5 heteroatoms. The SMILES string of the molecule is CCC(CC)(CO)CNCC(O)C(N)=O. The van der Waals surface area contributed by atoms with E-state index in [1.165, 1.54) is 0 Å². The summed E-state index contributed by atoms with van der Waals surface area (Å²) in [4.78, 5) is 10.5. The fourth-order valence-corrected chi connectivity index (χ4v) is 1.35. The molecule has 1 atom stereocenters. The summed E-state index contributed by atoms with van der Waals surface area (Å²) in [5.74, 6) is -0.731. The van der Waals surface area contributed by atoms with Gasteiger partial charge in [-0.25, -0.2) is 0 Å². The minimum absolute atomic E-state index is 0.0969. The second kappa shape index (κ2) is 6.76. The lowest BCUT2D eigenvalue weighted by Gasteiger charge is -2.29. The summed E-state index contributed by atoms with van der Waals surface area (Å²) >= 11 is 0. The van der Waals surface area contributed by atoms with Gasteiger partial charge in [-0.1, -0.05) is 13.8 Å². The van der Waals surface area contributed by atoms with Crippen LogP contribution < -0.4 is 11.1 Å². The van der Waals surface area contributed by atoms with E-state index in [0.29, 0.717) is 6.54 Å². The molecule has 90 valence electrons. The van der Waals surface area contributed by atoms with E-state index < -0.39 is 12.0 Å². The highest BCUT2D eigenvalue weighted by atomic mass is 16.3. The zero-order chi connectivity index (χ0) is 11.9. The summed E-state index contributed by atoms with van der Waals surface area (Å²) in [6.45, 7) is 4.81. The number of rotatable bonds is 8. The van der Waals surface area contributed by atoms with Crippen molar-refractivity contribution in [1.29, 1.82) is 0 Å². The molecule has 15 heavy (non-hydrogen) atoms. The van der Waals surface area contributed by atoms with Crippen molar-refractivity contribution in [3.63, 3.8) is 0 Å². The third-order valence-corrected chi connectivity index (χ3v) is 3.00. The van der Waals surface area contributed by atoms with Crippen molar-refractivity contribution in [3.05, 3.63) is 0 Å². The maximum absolute atomic E-state index is 10.5. The smallest absolute Gasteiger partial charge is 0.247 e. The van der Waals surface area contributed by atoms with Crippen LogP contribution >= 0.6 is 0 Å². The van der Waals surface area contributed by atoms with E-state index in [2.05, 4.69) is 5.32 Å². The van der Waals surface area contributed by atoms with E-state index in [1.54, 1.807) is 0 Å². The molecule has 0 spiro atoms. The molecule has 0 aromatic heterocycles. The van der Waals surface area contributed by atoms with Gasteiger partial charge in [-0.2, -0.15) is 0 Å². The molecule has 1 unspecified atom stereocenters. The number of hydrogen-bond donors (Lipinski definition) is 4. The topological polar surface area (TPSA) is 95.6 Å². The molecule has 0 heterocycles. The zero-order valence-electron chi connectivity index (χ0n) is 9.49. The molecule has 0 bridgehead atoms. The van der Waals surface area contributed by atoms with Crippen molar-refractivity contribution in [2.45, 2.75) is 32.8 Å². The Morgan fingerprint density at radius 2 is 2.00 bits per heavy atom. The Kier molecular flexibility index (Phi) is 6.47. The van der Waals surface area contributed by atoms with Crippen LogP contribution in [0, 0.1) is 5.41 Å². The Morgan fingerprint density at radius 1 is 1.47 bits per heavy atom. The number of primary amides is 1. The molecule has 5 N–H and O–H groups in total. The Bertz CT molecular complexity index is 185. The Hall–Kier alpha value is -0.650. The first-order chi connectivity index (χ1) is 7.01. The van der Waals surface area contributed by atoms with Crippen LogP contribution in [0.25, 0.3) is 0 Å². The molecule has 0 radical (unpaired) electrons. The average Bonchev–Trinajstić information content (AvgIpc) is 2.24. The summed E-state index contributed by atoms with van der Waals surface area (Å²) in [6, 6.07) is 0. The van der Waals surface area contributed by atoms with Crippen molar-refractivity contribution in [1.82, 2.24) is 5.32 Å². The Balaban J connectivity index is 3.96. The second-order valence-electron chi connectivity index (χ2n) is 3.91. The van der Waals surface area contributed by atoms with Crippen LogP contribution in [0.5, 0.6) is 0 Å². The highest BCUT2D eigenvalue weighted by molar-refractivity contribution is 5.78. The minimum Gasteiger partial charge on any atom is -0.396 e. The van der Waals surface area contributed by atoms with Crippen LogP contribution in [0.15, 0.2) is 0 Å². The quantitative estimate of drug-likeness (QED) is 0.430. The minimum atomic E-state index is -1.16. The number of aliphatic hydroxyl groups is 2. The highest BCUT2D eigenvalue weighted by Gasteiger charge is 2.25. The molecule has 0 saturated heterocycles. The fraction of sp³-hybridized carbons (Fsp3) is 0.900. The third kappa shape index (κ3) is 4.59. The highest BCUT2D eigenvalue weighted by Crippen LogP contribution is 2.24. The van der Waals surface area contributed by atoms with Crippen LogP contribution in [0.2, 0.25) is 0 Å². The van der Waals surface area contributed by atoms with Gasteiger partial charge in [-0.05, 0) is 12.8 Å². The molecule has 0 fully saturated rings. The van der Waals surface area contributed by atoms with Crippen molar-refractivity contribution in [2.24, 2.45) is 11.1 Å². The first-order valence-electron chi connectivity index (χ1n) is 5.30. The molecule has 0 aromatic carbocycles. The number of nitrogens with one attached hydrogen (secondary N) is 1. The molecule has 0 aromatic rings. The summed E-state index contributed by atoms with van der Waals surface area (Å²) in [7, 11) is 0. The number of hydrogen-bond acceptors (Lipinski definition) is 4. The van der Waals surface area contributed by atoms with E-state index in [1.807, 2.05) is 13.8 Å². The fourth-order valence-electron chi connectivity index (χ4n) is 1.35. The molecule has 5 nitrogen and oxygen atoms in total. The van der Waals surface area contributed by atoms with Crippen LogP contribution in [0.4, 0.5) is 0 Å². The van der Waals surface area contributed by atoms with Gasteiger partial charge in [0.15, 0.2) is 0 Å². The predicted molar refractivity (Wildman–Crippen MR) is 58.2 cm³/mol. The van der Waals surface area contributed by atoms with E-state index >= 15 is 0 Å². The standard InChI is InChI=1S/C10H22N2O3/c1-3-10(4-2,7-13)6-12-5-8(14)9(11)15/h8,12-14H,3-7H2,1-2H3,(H2,11,15). The normalized spacial score (nSPS) is 13.9. The first-order valence-corrected chi connectivity index (χ1v) is 5.30. The largest absolute Gasteiger partial charge is 0.396 e. The summed E-state index contributed by atoms with van der Waals surface area (Å²) < 4.78 is 0. The zero-order valence-corrected chi connectivity index (χ0v) is 9.49. The van der Waals surface area contributed by atoms with Crippen molar-refractivity contribution in [3.8, 4) is 0 Å². The van der Waals surface area contributed by atoms with Crippen molar-refractivity contribution in [2.75, 3.05) is 19.7 Å². The van der Waals surface area contributed by atoms with Gasteiger partial charge in [-0.3, -0.25) is 4.79 Å². The summed E-state index contributed by atoms with van der Waals surface area (Å²) in [6.07, 6.45) is 0.536. The Labute approximate surface area is 90.7 Å².